The second-order valence-electron chi connectivity index (χ2n) is 4.71. The first-order chi connectivity index (χ1) is 11.1. The minimum absolute atomic E-state index is 0.0546. The van der Waals surface area contributed by atoms with Crippen LogP contribution in [-0.2, 0) is 10.2 Å². The molecule has 8 nitrogen and oxygen atoms in total. The molecule has 0 bridgehead atoms. The van der Waals surface area contributed by atoms with Crippen molar-refractivity contribution in [3.8, 4) is 0 Å². The van der Waals surface area contributed by atoms with Crippen molar-refractivity contribution in [2.75, 3.05) is 5.73 Å². The summed E-state index contributed by atoms with van der Waals surface area (Å²) in [4.78, 5) is 9.28. The minimum Gasteiger partial charge on any atom is -0.398 e. The molecule has 0 heterocycles. The van der Waals surface area contributed by atoms with Crippen LogP contribution in [0.2, 0.25) is 5.02 Å². The fourth-order valence-corrected chi connectivity index (χ4v) is 2.59. The number of nitrogens with zero attached hydrogens (tertiary/aromatic N) is 3. The van der Waals surface area contributed by atoms with Crippen LogP contribution in [0.25, 0.3) is 0 Å². The third-order valence-corrected chi connectivity index (χ3v) is 4.17. The zero-order chi connectivity index (χ0) is 18.1. The quantitative estimate of drug-likeness (QED) is 0.282. The highest BCUT2D eigenvalue weighted by molar-refractivity contribution is 7.86. The molecule has 0 aliphatic rings. The molecular weight excluding hydrogens is 363 g/mol. The Morgan fingerprint density at radius 3 is 2.38 bits per heavy atom. The molecule has 0 fully saturated rings. The molecule has 0 aromatic heterocycles. The smallest absolute Gasteiger partial charge is 0.334 e. The average molecular weight is 373 g/mol. The van der Waals surface area contributed by atoms with Gasteiger partial charge in [0, 0.05) is 17.8 Å². The summed E-state index contributed by atoms with van der Waals surface area (Å²) in [6, 6.07) is 5.65. The lowest BCUT2D eigenvalue weighted by atomic mass is 10.2. The van der Waals surface area contributed by atoms with Gasteiger partial charge >= 0.3 is 10.2 Å². The van der Waals surface area contributed by atoms with E-state index in [-0.39, 0.29) is 27.8 Å². The largest absolute Gasteiger partial charge is 0.398 e. The molecule has 0 amide bonds. The highest BCUT2D eigenvalue weighted by atomic mass is 35.5. The Morgan fingerprint density at radius 1 is 1.21 bits per heavy atom. The van der Waals surface area contributed by atoms with Crippen molar-refractivity contribution in [1.82, 2.24) is 0 Å². The van der Waals surface area contributed by atoms with Crippen molar-refractivity contribution in [2.45, 2.75) is 11.8 Å². The van der Waals surface area contributed by atoms with Crippen molar-refractivity contribution in [3.63, 3.8) is 0 Å². The highest BCUT2D eigenvalue weighted by Crippen LogP contribution is 2.34. The van der Waals surface area contributed by atoms with Gasteiger partial charge in [0.15, 0.2) is 0 Å². The van der Waals surface area contributed by atoms with Gasteiger partial charge in [-0.1, -0.05) is 11.6 Å². The number of azo groups is 1. The van der Waals surface area contributed by atoms with Crippen molar-refractivity contribution < 1.29 is 17.2 Å². The summed E-state index contributed by atoms with van der Waals surface area (Å²) in [7, 11) is -5.06. The van der Waals surface area contributed by atoms with E-state index in [1.807, 2.05) is 0 Å². The standard InChI is InChI=1S/C13H10ClFN4O4S/c1-7-4-12(13(6-10(7)16)24(15,22)23)18-17-11-3-2-8(19(20)21)5-9(11)14/h2-6H,16H2,1H3/b18-17+. The molecule has 24 heavy (non-hydrogen) atoms. The second-order valence-corrected chi connectivity index (χ2v) is 6.43. The van der Waals surface area contributed by atoms with Crippen molar-refractivity contribution in [1.29, 1.82) is 0 Å². The molecule has 0 atom stereocenters. The van der Waals surface area contributed by atoms with Crippen LogP contribution in [-0.4, -0.2) is 13.3 Å². The van der Waals surface area contributed by atoms with Crippen LogP contribution >= 0.6 is 11.6 Å². The van der Waals surface area contributed by atoms with Gasteiger partial charge in [-0.2, -0.15) is 8.42 Å². The molecule has 2 aromatic rings. The van der Waals surface area contributed by atoms with Crippen LogP contribution in [0.5, 0.6) is 0 Å². The predicted molar refractivity (Wildman–Crippen MR) is 86.2 cm³/mol. The molecule has 0 saturated carbocycles. The summed E-state index contributed by atoms with van der Waals surface area (Å²) in [5.41, 5.74) is 5.68. The van der Waals surface area contributed by atoms with E-state index >= 15 is 0 Å². The van der Waals surface area contributed by atoms with Gasteiger partial charge in [0.2, 0.25) is 0 Å². The summed E-state index contributed by atoms with van der Waals surface area (Å²) in [5, 5.41) is 18.0. The summed E-state index contributed by atoms with van der Waals surface area (Å²) >= 11 is 5.86. The maximum atomic E-state index is 13.4. The van der Waals surface area contributed by atoms with E-state index in [2.05, 4.69) is 10.2 Å². The maximum Gasteiger partial charge on any atom is 0.334 e. The first-order valence-corrected chi connectivity index (χ1v) is 8.06. The van der Waals surface area contributed by atoms with Gasteiger partial charge < -0.3 is 5.73 Å². The summed E-state index contributed by atoms with van der Waals surface area (Å²) in [6.07, 6.45) is 0. The lowest BCUT2D eigenvalue weighted by molar-refractivity contribution is -0.384. The van der Waals surface area contributed by atoms with Crippen LogP contribution in [0, 0.1) is 17.0 Å². The normalized spacial score (nSPS) is 11.8. The molecule has 0 aliphatic carbocycles. The fourth-order valence-electron chi connectivity index (χ4n) is 1.76. The van der Waals surface area contributed by atoms with E-state index in [9.17, 15) is 22.4 Å². The molecule has 0 saturated heterocycles. The number of benzene rings is 2. The SMILES string of the molecule is Cc1cc(/N=N/c2ccc([N+](=O)[O-])cc2Cl)c(S(=O)(=O)F)cc1N. The number of nitrogens with two attached hydrogens (primary N) is 1. The number of hydrogen-bond acceptors (Lipinski definition) is 7. The number of non-ortho nitro benzene ring substituents is 1. The molecule has 0 radical (unpaired) electrons. The highest BCUT2D eigenvalue weighted by Gasteiger charge is 2.19. The monoisotopic (exact) mass is 372 g/mol. The van der Waals surface area contributed by atoms with Crippen molar-refractivity contribution >= 4 is 44.6 Å². The summed E-state index contributed by atoms with van der Waals surface area (Å²) in [6.45, 7) is 1.59. The Bertz CT molecular complexity index is 963. The first kappa shape index (κ1) is 17.8. The fraction of sp³-hybridized carbons (Fsp3) is 0.0769. The number of halogens is 2. The Kier molecular flexibility index (Phi) is 4.81. The number of nitrogen functional groups attached to an aromatic ring is 1. The van der Waals surface area contributed by atoms with E-state index in [1.165, 1.54) is 12.1 Å². The van der Waals surface area contributed by atoms with E-state index in [1.54, 1.807) is 6.92 Å². The Hall–Kier alpha value is -2.59. The van der Waals surface area contributed by atoms with Crippen LogP contribution < -0.4 is 5.73 Å². The zero-order valence-corrected chi connectivity index (χ0v) is 13.7. The Labute approximate surface area is 141 Å². The third-order valence-electron chi connectivity index (χ3n) is 3.02. The molecule has 126 valence electrons. The molecule has 2 N–H and O–H groups in total. The topological polar surface area (TPSA) is 128 Å². The van der Waals surface area contributed by atoms with Gasteiger partial charge in [0.1, 0.15) is 16.3 Å². The van der Waals surface area contributed by atoms with Gasteiger partial charge in [-0.05, 0) is 30.7 Å². The minimum atomic E-state index is -5.06. The van der Waals surface area contributed by atoms with Crippen LogP contribution in [0.1, 0.15) is 5.56 Å². The lowest BCUT2D eigenvalue weighted by Crippen LogP contribution is -1.97. The van der Waals surface area contributed by atoms with E-state index < -0.39 is 20.0 Å². The van der Waals surface area contributed by atoms with Crippen LogP contribution in [0.3, 0.4) is 0 Å². The van der Waals surface area contributed by atoms with Crippen LogP contribution in [0.15, 0.2) is 45.5 Å². The number of nitro groups is 1. The third kappa shape index (κ3) is 3.84. The molecular formula is C13H10ClFN4O4S. The number of hydrogen-bond donors (Lipinski definition) is 1. The summed E-state index contributed by atoms with van der Waals surface area (Å²) in [5.74, 6) is 0. The van der Waals surface area contributed by atoms with E-state index in [0.717, 1.165) is 18.2 Å². The average Bonchev–Trinajstić information content (AvgIpc) is 2.47. The first-order valence-electron chi connectivity index (χ1n) is 6.30. The van der Waals surface area contributed by atoms with Gasteiger partial charge in [0.25, 0.3) is 5.69 Å². The number of anilines is 1. The van der Waals surface area contributed by atoms with Gasteiger partial charge in [-0.3, -0.25) is 10.1 Å². The Morgan fingerprint density at radius 2 is 1.83 bits per heavy atom. The molecule has 0 unspecified atom stereocenters. The summed E-state index contributed by atoms with van der Waals surface area (Å²) < 4.78 is 35.7. The Balaban J connectivity index is 2.50. The number of aryl methyl sites for hydroxylation is 1. The lowest BCUT2D eigenvalue weighted by Gasteiger charge is -2.05. The van der Waals surface area contributed by atoms with Crippen molar-refractivity contribution in [3.05, 3.63) is 51.0 Å². The van der Waals surface area contributed by atoms with Gasteiger partial charge in [-0.25, -0.2) is 0 Å². The van der Waals surface area contributed by atoms with E-state index in [4.69, 9.17) is 17.3 Å². The molecule has 2 rings (SSSR count). The molecule has 0 spiro atoms. The van der Waals surface area contributed by atoms with Crippen molar-refractivity contribution in [2.24, 2.45) is 10.2 Å². The van der Waals surface area contributed by atoms with E-state index in [0.29, 0.717) is 5.56 Å². The predicted octanol–water partition coefficient (Wildman–Crippen LogP) is 4.21. The van der Waals surface area contributed by atoms with Gasteiger partial charge in [0.05, 0.1) is 9.95 Å². The number of rotatable bonds is 4. The van der Waals surface area contributed by atoms with Gasteiger partial charge in [-0.15, -0.1) is 14.1 Å². The molecule has 11 heteroatoms. The van der Waals surface area contributed by atoms with Crippen LogP contribution in [0.4, 0.5) is 26.6 Å². The maximum absolute atomic E-state index is 13.4. The molecule has 2 aromatic carbocycles. The number of nitro benzene ring substituents is 1. The second kappa shape index (κ2) is 6.49. The molecule has 0 aliphatic heterocycles. The zero-order valence-electron chi connectivity index (χ0n) is 12.1.